The van der Waals surface area contributed by atoms with Crippen LogP contribution in [0.5, 0.6) is 0 Å². The smallest absolute Gasteiger partial charge is 0.253 e. The highest BCUT2D eigenvalue weighted by Crippen LogP contribution is 2.33. The molecular formula is C31H39ClN6O. The molecule has 3 heterocycles. The maximum Gasteiger partial charge on any atom is 0.253 e. The number of rotatable bonds is 7. The van der Waals surface area contributed by atoms with Gasteiger partial charge in [0.25, 0.3) is 5.91 Å². The standard InChI is InChI=1S/C31H39ClN6O/c1-7-22(17-26-21(3)34-13-10-25(26)28-8-9-29(33-4)36-35-28)19-38-14-11-23(12-15-38)30-20(2)16-24(18-27(30)32)31(39)37(5)6/h8-11,13,16-18,28,35H,7,12,14-15,19H2,1-6H3,(H,33,36)/b22-17+. The molecule has 206 valence electrons. The first-order valence-electron chi connectivity index (χ1n) is 13.5. The second-order valence-corrected chi connectivity index (χ2v) is 10.7. The first-order chi connectivity index (χ1) is 18.7. The fraction of sp³-hybridized carbons (Fsp3) is 0.387. The number of hydrogen-bond donors (Lipinski definition) is 2. The molecule has 0 bridgehead atoms. The number of nitrogens with one attached hydrogen (secondary N) is 2. The van der Waals surface area contributed by atoms with Gasteiger partial charge in [0.1, 0.15) is 5.84 Å². The topological polar surface area (TPSA) is 72.9 Å². The zero-order valence-electron chi connectivity index (χ0n) is 23.8. The summed E-state index contributed by atoms with van der Waals surface area (Å²) in [6, 6.07) is 5.87. The number of amides is 1. The maximum atomic E-state index is 12.4. The third kappa shape index (κ3) is 6.67. The molecule has 39 heavy (non-hydrogen) atoms. The third-order valence-electron chi connectivity index (χ3n) is 7.39. The van der Waals surface area contributed by atoms with Gasteiger partial charge < -0.3 is 10.3 Å². The fourth-order valence-corrected chi connectivity index (χ4v) is 5.55. The molecule has 4 rings (SSSR count). The van der Waals surface area contributed by atoms with Crippen molar-refractivity contribution in [2.45, 2.75) is 39.7 Å². The molecule has 0 radical (unpaired) electrons. The number of amidine groups is 1. The molecule has 7 nitrogen and oxygen atoms in total. The normalized spacial score (nSPS) is 19.2. The Hall–Kier alpha value is -3.26. The van der Waals surface area contributed by atoms with Crippen LogP contribution in [-0.4, -0.2) is 67.3 Å². The lowest BCUT2D eigenvalue weighted by atomic mass is 9.93. The van der Waals surface area contributed by atoms with Gasteiger partial charge in [-0.25, -0.2) is 5.43 Å². The summed E-state index contributed by atoms with van der Waals surface area (Å²) in [6.07, 6.45) is 12.5. The zero-order chi connectivity index (χ0) is 28.1. The first-order valence-corrected chi connectivity index (χ1v) is 13.8. The van der Waals surface area contributed by atoms with Crippen LogP contribution in [0.3, 0.4) is 0 Å². The molecule has 0 spiro atoms. The molecule has 2 N–H and O–H groups in total. The molecule has 0 saturated carbocycles. The summed E-state index contributed by atoms with van der Waals surface area (Å²) in [5, 5.41) is 0.644. The van der Waals surface area contributed by atoms with Gasteiger partial charge in [0.2, 0.25) is 0 Å². The van der Waals surface area contributed by atoms with Gasteiger partial charge in [-0.1, -0.05) is 42.3 Å². The van der Waals surface area contributed by atoms with Gasteiger partial charge in [-0.2, -0.15) is 0 Å². The molecule has 1 unspecified atom stereocenters. The van der Waals surface area contributed by atoms with Crippen LogP contribution in [0.2, 0.25) is 5.02 Å². The molecule has 2 aromatic rings. The van der Waals surface area contributed by atoms with Crippen molar-refractivity contribution >= 4 is 35.0 Å². The van der Waals surface area contributed by atoms with E-state index in [-0.39, 0.29) is 11.9 Å². The van der Waals surface area contributed by atoms with Crippen LogP contribution < -0.4 is 10.9 Å². The van der Waals surface area contributed by atoms with Crippen molar-refractivity contribution in [1.29, 1.82) is 0 Å². The Morgan fingerprint density at radius 2 is 2.10 bits per heavy atom. The highest BCUT2D eigenvalue weighted by molar-refractivity contribution is 6.33. The van der Waals surface area contributed by atoms with Gasteiger partial charge in [-0.05, 0) is 73.2 Å². The quantitative estimate of drug-likeness (QED) is 0.488. The Bertz CT molecular complexity index is 1330. The number of nitrogens with zero attached hydrogens (tertiary/aromatic N) is 4. The molecular weight excluding hydrogens is 508 g/mol. The number of pyridine rings is 1. The van der Waals surface area contributed by atoms with E-state index in [4.69, 9.17) is 11.6 Å². The molecule has 0 saturated heterocycles. The van der Waals surface area contributed by atoms with Crippen molar-refractivity contribution in [1.82, 2.24) is 25.6 Å². The number of carbonyl (C=O) groups excluding carboxylic acids is 1. The predicted molar refractivity (Wildman–Crippen MR) is 162 cm³/mol. The van der Waals surface area contributed by atoms with Gasteiger partial charge in [-0.15, -0.1) is 0 Å². The van der Waals surface area contributed by atoms with Gasteiger partial charge in [0.05, 0.1) is 6.04 Å². The number of aryl methyl sites for hydroxylation is 2. The SMILES string of the molecule is CC/C(=C\c1c(C2C=CC(=NC)NN2)ccnc1C)CN1CC=C(c2c(C)cc(C(=O)N(C)C)cc2Cl)CC1. The Balaban J connectivity index is 1.51. The first kappa shape index (κ1) is 28.7. The Labute approximate surface area is 237 Å². The summed E-state index contributed by atoms with van der Waals surface area (Å²) >= 11 is 6.70. The highest BCUT2D eigenvalue weighted by Gasteiger charge is 2.21. The number of benzene rings is 1. The maximum absolute atomic E-state index is 12.4. The van der Waals surface area contributed by atoms with Crippen molar-refractivity contribution in [3.8, 4) is 0 Å². The minimum atomic E-state index is -0.0349. The molecule has 2 aliphatic heterocycles. The largest absolute Gasteiger partial charge is 0.345 e. The van der Waals surface area contributed by atoms with Crippen LogP contribution in [0, 0.1) is 13.8 Å². The molecule has 0 fully saturated rings. The van der Waals surface area contributed by atoms with Gasteiger partial charge in [0.15, 0.2) is 0 Å². The van der Waals surface area contributed by atoms with Crippen LogP contribution in [-0.2, 0) is 0 Å². The van der Waals surface area contributed by atoms with Crippen LogP contribution >= 0.6 is 11.6 Å². The van der Waals surface area contributed by atoms with E-state index in [0.717, 1.165) is 60.7 Å². The summed E-state index contributed by atoms with van der Waals surface area (Å²) < 4.78 is 0. The minimum absolute atomic E-state index is 0.0349. The second-order valence-electron chi connectivity index (χ2n) is 10.3. The lowest BCUT2D eigenvalue weighted by Crippen LogP contribution is -2.42. The number of aliphatic imine (C=N–C) groups is 1. The van der Waals surface area contributed by atoms with Gasteiger partial charge in [-0.3, -0.25) is 19.7 Å². The zero-order valence-corrected chi connectivity index (χ0v) is 24.6. The second kappa shape index (κ2) is 12.7. The van der Waals surface area contributed by atoms with Crippen LogP contribution in [0.15, 0.2) is 53.2 Å². The number of hydrogen-bond acceptors (Lipinski definition) is 5. The van der Waals surface area contributed by atoms with E-state index in [1.54, 1.807) is 32.1 Å². The number of aromatic nitrogens is 1. The van der Waals surface area contributed by atoms with Crippen LogP contribution in [0.25, 0.3) is 11.6 Å². The third-order valence-corrected chi connectivity index (χ3v) is 7.68. The molecule has 0 aliphatic carbocycles. The Morgan fingerprint density at radius 1 is 1.31 bits per heavy atom. The summed E-state index contributed by atoms with van der Waals surface area (Å²) in [4.78, 5) is 25.3. The van der Waals surface area contributed by atoms with Crippen molar-refractivity contribution < 1.29 is 4.79 Å². The van der Waals surface area contributed by atoms with Crippen LogP contribution in [0.1, 0.15) is 64.1 Å². The van der Waals surface area contributed by atoms with E-state index in [0.29, 0.717) is 10.6 Å². The minimum Gasteiger partial charge on any atom is -0.345 e. The molecule has 2 aliphatic rings. The molecule has 1 aromatic carbocycles. The fourth-order valence-electron chi connectivity index (χ4n) is 5.16. The van der Waals surface area contributed by atoms with Crippen molar-refractivity contribution in [2.75, 3.05) is 40.8 Å². The summed E-state index contributed by atoms with van der Waals surface area (Å²) in [5.41, 5.74) is 15.2. The van der Waals surface area contributed by atoms with E-state index in [2.05, 4.69) is 63.9 Å². The number of halogens is 1. The summed E-state index contributed by atoms with van der Waals surface area (Å²) in [6.45, 7) is 9.03. The predicted octanol–water partition coefficient (Wildman–Crippen LogP) is 5.37. The average molecular weight is 547 g/mol. The number of hydrazine groups is 1. The van der Waals surface area contributed by atoms with E-state index in [9.17, 15) is 4.79 Å². The van der Waals surface area contributed by atoms with Crippen molar-refractivity contribution in [3.63, 3.8) is 0 Å². The lowest BCUT2D eigenvalue weighted by Gasteiger charge is -2.29. The monoisotopic (exact) mass is 546 g/mol. The average Bonchev–Trinajstić information content (AvgIpc) is 2.93. The summed E-state index contributed by atoms with van der Waals surface area (Å²) in [7, 11) is 5.28. The van der Waals surface area contributed by atoms with Crippen molar-refractivity contribution in [2.24, 2.45) is 4.99 Å². The molecule has 1 atom stereocenters. The molecule has 8 heteroatoms. The van der Waals surface area contributed by atoms with Gasteiger partial charge >= 0.3 is 0 Å². The van der Waals surface area contributed by atoms with E-state index >= 15 is 0 Å². The van der Waals surface area contributed by atoms with E-state index < -0.39 is 0 Å². The number of carbonyl (C=O) groups is 1. The van der Waals surface area contributed by atoms with E-state index in [1.807, 2.05) is 25.3 Å². The highest BCUT2D eigenvalue weighted by atomic mass is 35.5. The Morgan fingerprint density at radius 3 is 2.69 bits per heavy atom. The van der Waals surface area contributed by atoms with Crippen LogP contribution in [0.4, 0.5) is 0 Å². The molecule has 1 amide bonds. The Kier molecular flexibility index (Phi) is 9.38. The van der Waals surface area contributed by atoms with Gasteiger partial charge in [0, 0.05) is 68.8 Å². The van der Waals surface area contributed by atoms with E-state index in [1.165, 1.54) is 16.7 Å². The molecule has 1 aromatic heterocycles. The lowest BCUT2D eigenvalue weighted by molar-refractivity contribution is 0.0827. The van der Waals surface area contributed by atoms with Crippen molar-refractivity contribution in [3.05, 3.63) is 86.7 Å². The summed E-state index contributed by atoms with van der Waals surface area (Å²) in [5.74, 6) is 0.780.